The summed E-state index contributed by atoms with van der Waals surface area (Å²) < 4.78 is 43.8. The SMILES string of the molecule is O=C(NCC1(N2CCOCC2)CCSCC1)C(=O)Nc1cccc(C(F)(F)F)c1. The highest BCUT2D eigenvalue weighted by atomic mass is 32.2. The highest BCUT2D eigenvalue weighted by Gasteiger charge is 2.39. The molecule has 1 aromatic carbocycles. The lowest BCUT2D eigenvalue weighted by Crippen LogP contribution is -2.61. The molecule has 0 aliphatic carbocycles. The molecule has 0 spiro atoms. The molecule has 0 bridgehead atoms. The van der Waals surface area contributed by atoms with Crippen molar-refractivity contribution < 1.29 is 27.5 Å². The molecule has 0 radical (unpaired) electrons. The van der Waals surface area contributed by atoms with Crippen molar-refractivity contribution in [3.63, 3.8) is 0 Å². The molecule has 0 unspecified atom stereocenters. The van der Waals surface area contributed by atoms with Crippen LogP contribution in [0, 0.1) is 0 Å². The molecular formula is C19H24F3N3O3S. The monoisotopic (exact) mass is 431 g/mol. The first-order chi connectivity index (χ1) is 13.8. The number of rotatable bonds is 4. The van der Waals surface area contributed by atoms with E-state index in [1.165, 1.54) is 12.1 Å². The zero-order valence-corrected chi connectivity index (χ0v) is 16.7. The van der Waals surface area contributed by atoms with E-state index < -0.39 is 23.6 Å². The summed E-state index contributed by atoms with van der Waals surface area (Å²) in [6.07, 6.45) is -2.73. The molecule has 1 aromatic rings. The van der Waals surface area contributed by atoms with Crippen LogP contribution >= 0.6 is 11.8 Å². The Morgan fingerprint density at radius 1 is 1.14 bits per heavy atom. The summed E-state index contributed by atoms with van der Waals surface area (Å²) in [5, 5.41) is 4.94. The number of anilines is 1. The average molecular weight is 431 g/mol. The number of nitrogens with zero attached hydrogens (tertiary/aromatic N) is 1. The molecule has 2 saturated heterocycles. The van der Waals surface area contributed by atoms with Gasteiger partial charge in [-0.2, -0.15) is 24.9 Å². The predicted molar refractivity (Wildman–Crippen MR) is 105 cm³/mol. The van der Waals surface area contributed by atoms with E-state index in [9.17, 15) is 22.8 Å². The molecule has 2 amide bonds. The summed E-state index contributed by atoms with van der Waals surface area (Å²) >= 11 is 1.87. The van der Waals surface area contributed by atoms with Gasteiger partial charge in [0.25, 0.3) is 0 Å². The molecule has 2 N–H and O–H groups in total. The highest BCUT2D eigenvalue weighted by Crippen LogP contribution is 2.33. The molecule has 2 fully saturated rings. The predicted octanol–water partition coefficient (Wildman–Crippen LogP) is 2.36. The van der Waals surface area contributed by atoms with Crippen molar-refractivity contribution in [1.82, 2.24) is 10.2 Å². The van der Waals surface area contributed by atoms with Gasteiger partial charge in [0.15, 0.2) is 0 Å². The molecule has 29 heavy (non-hydrogen) atoms. The Balaban J connectivity index is 1.60. The number of halogens is 3. The van der Waals surface area contributed by atoms with E-state index in [0.29, 0.717) is 19.8 Å². The van der Waals surface area contributed by atoms with Crippen LogP contribution < -0.4 is 10.6 Å². The third-order valence-electron chi connectivity index (χ3n) is 5.34. The van der Waals surface area contributed by atoms with E-state index >= 15 is 0 Å². The minimum atomic E-state index is -4.52. The number of nitrogens with one attached hydrogen (secondary N) is 2. The van der Waals surface area contributed by atoms with E-state index in [1.807, 2.05) is 11.8 Å². The van der Waals surface area contributed by atoms with Crippen molar-refractivity contribution in [2.45, 2.75) is 24.6 Å². The minimum absolute atomic E-state index is 0.0723. The number of hydrogen-bond acceptors (Lipinski definition) is 5. The second-order valence-electron chi connectivity index (χ2n) is 7.15. The molecule has 2 aliphatic rings. The lowest BCUT2D eigenvalue weighted by atomic mass is 9.89. The molecule has 2 aliphatic heterocycles. The van der Waals surface area contributed by atoms with Crippen LogP contribution in [0.4, 0.5) is 18.9 Å². The number of morpholine rings is 1. The van der Waals surface area contributed by atoms with Crippen LogP contribution in [0.3, 0.4) is 0 Å². The number of hydrogen-bond donors (Lipinski definition) is 2. The van der Waals surface area contributed by atoms with Crippen LogP contribution in [-0.4, -0.2) is 66.6 Å². The maximum Gasteiger partial charge on any atom is 0.416 e. The Labute approximate surface area is 171 Å². The number of ether oxygens (including phenoxy) is 1. The van der Waals surface area contributed by atoms with E-state index in [-0.39, 0.29) is 11.2 Å². The topological polar surface area (TPSA) is 70.7 Å². The van der Waals surface area contributed by atoms with Gasteiger partial charge in [-0.1, -0.05) is 6.07 Å². The maximum atomic E-state index is 12.8. The van der Waals surface area contributed by atoms with Crippen molar-refractivity contribution in [3.8, 4) is 0 Å². The number of amides is 2. The standard InChI is InChI=1S/C19H24F3N3O3S/c20-19(21,22)14-2-1-3-15(12-14)24-17(27)16(26)23-13-18(4-10-29-11-5-18)25-6-8-28-9-7-25/h1-3,12H,4-11,13H2,(H,23,26)(H,24,27). The fourth-order valence-electron chi connectivity index (χ4n) is 3.68. The van der Waals surface area contributed by atoms with Gasteiger partial charge >= 0.3 is 18.0 Å². The van der Waals surface area contributed by atoms with Crippen molar-refractivity contribution in [1.29, 1.82) is 0 Å². The summed E-state index contributed by atoms with van der Waals surface area (Å²) in [7, 11) is 0. The Kier molecular flexibility index (Phi) is 7.07. The first kappa shape index (κ1) is 21.9. The van der Waals surface area contributed by atoms with Gasteiger partial charge in [-0.25, -0.2) is 0 Å². The summed E-state index contributed by atoms with van der Waals surface area (Å²) in [6.45, 7) is 3.15. The lowest BCUT2D eigenvalue weighted by Gasteiger charge is -2.47. The Hall–Kier alpha value is -1.78. The first-order valence-corrected chi connectivity index (χ1v) is 10.6. The van der Waals surface area contributed by atoms with E-state index in [2.05, 4.69) is 15.5 Å². The fourth-order valence-corrected chi connectivity index (χ4v) is 4.93. The quantitative estimate of drug-likeness (QED) is 0.717. The number of carbonyl (C=O) groups is 2. The molecule has 0 saturated carbocycles. The molecule has 0 atom stereocenters. The van der Waals surface area contributed by atoms with Gasteiger partial charge in [0.1, 0.15) is 0 Å². The van der Waals surface area contributed by atoms with Crippen LogP contribution in [0.1, 0.15) is 18.4 Å². The zero-order chi connectivity index (χ0) is 20.9. The van der Waals surface area contributed by atoms with Crippen molar-refractivity contribution in [3.05, 3.63) is 29.8 Å². The molecule has 10 heteroatoms. The largest absolute Gasteiger partial charge is 0.416 e. The maximum absolute atomic E-state index is 12.8. The van der Waals surface area contributed by atoms with Crippen LogP contribution in [-0.2, 0) is 20.5 Å². The van der Waals surface area contributed by atoms with Gasteiger partial charge < -0.3 is 15.4 Å². The smallest absolute Gasteiger partial charge is 0.379 e. The van der Waals surface area contributed by atoms with E-state index in [4.69, 9.17) is 4.74 Å². The van der Waals surface area contributed by atoms with Crippen molar-refractivity contribution in [2.24, 2.45) is 0 Å². The normalized spacial score (nSPS) is 20.1. The van der Waals surface area contributed by atoms with Crippen LogP contribution in [0.25, 0.3) is 0 Å². The van der Waals surface area contributed by atoms with Crippen LogP contribution in [0.2, 0.25) is 0 Å². The van der Waals surface area contributed by atoms with Crippen molar-refractivity contribution >= 4 is 29.3 Å². The minimum Gasteiger partial charge on any atom is -0.379 e. The number of thioether (sulfide) groups is 1. The molecule has 2 heterocycles. The number of alkyl halides is 3. The first-order valence-electron chi connectivity index (χ1n) is 9.47. The molecule has 160 valence electrons. The summed E-state index contributed by atoms with van der Waals surface area (Å²) in [5.41, 5.74) is -1.18. The van der Waals surface area contributed by atoms with Crippen molar-refractivity contribution in [2.75, 3.05) is 49.7 Å². The third-order valence-corrected chi connectivity index (χ3v) is 6.32. The van der Waals surface area contributed by atoms with Crippen LogP contribution in [0.5, 0.6) is 0 Å². The van der Waals surface area contributed by atoms with Gasteiger partial charge in [0.2, 0.25) is 0 Å². The zero-order valence-electron chi connectivity index (χ0n) is 15.9. The van der Waals surface area contributed by atoms with Gasteiger partial charge in [-0.05, 0) is 42.5 Å². The van der Waals surface area contributed by atoms with Gasteiger partial charge in [0, 0.05) is 30.9 Å². The highest BCUT2D eigenvalue weighted by molar-refractivity contribution is 7.99. The second-order valence-corrected chi connectivity index (χ2v) is 8.38. The fraction of sp³-hybridized carbons (Fsp3) is 0.579. The molecule has 3 rings (SSSR count). The molecular weight excluding hydrogens is 407 g/mol. The van der Waals surface area contributed by atoms with Gasteiger partial charge in [0.05, 0.1) is 18.8 Å². The number of carbonyl (C=O) groups excluding carboxylic acids is 2. The number of benzene rings is 1. The van der Waals surface area contributed by atoms with E-state index in [1.54, 1.807) is 0 Å². The summed E-state index contributed by atoms with van der Waals surface area (Å²) in [4.78, 5) is 26.8. The van der Waals surface area contributed by atoms with Gasteiger partial charge in [-0.15, -0.1) is 0 Å². The van der Waals surface area contributed by atoms with Gasteiger partial charge in [-0.3, -0.25) is 14.5 Å². The Bertz CT molecular complexity index is 733. The molecule has 0 aromatic heterocycles. The Morgan fingerprint density at radius 2 is 1.83 bits per heavy atom. The third kappa shape index (κ3) is 5.64. The van der Waals surface area contributed by atoms with Crippen LogP contribution in [0.15, 0.2) is 24.3 Å². The van der Waals surface area contributed by atoms with E-state index in [0.717, 1.165) is 49.6 Å². The lowest BCUT2D eigenvalue weighted by molar-refractivity contribution is -0.137. The average Bonchev–Trinajstić information content (AvgIpc) is 2.73. The summed E-state index contributed by atoms with van der Waals surface area (Å²) in [5.74, 6) is 0.118. The molecule has 6 nitrogen and oxygen atoms in total. The Morgan fingerprint density at radius 3 is 2.48 bits per heavy atom. The second kappa shape index (κ2) is 9.36. The summed E-state index contributed by atoms with van der Waals surface area (Å²) in [6, 6.07) is 4.21.